The van der Waals surface area contributed by atoms with Crippen LogP contribution in [0.4, 0.5) is 14.6 Å². The van der Waals surface area contributed by atoms with Crippen LogP contribution in [0.5, 0.6) is 0 Å². The highest BCUT2D eigenvalue weighted by atomic mass is 19.1. The fourth-order valence-electron chi connectivity index (χ4n) is 1.48. The van der Waals surface area contributed by atoms with E-state index in [-0.39, 0.29) is 23.6 Å². The first kappa shape index (κ1) is 13.1. The van der Waals surface area contributed by atoms with Crippen LogP contribution in [0.2, 0.25) is 0 Å². The molecule has 0 aliphatic rings. The van der Waals surface area contributed by atoms with Gasteiger partial charge in [0, 0.05) is 5.56 Å². The van der Waals surface area contributed by atoms with Crippen LogP contribution in [0.15, 0.2) is 30.3 Å². The Kier molecular flexibility index (Phi) is 3.79. The molecule has 98 valence electrons. The molecule has 4 nitrogen and oxygen atoms in total. The second kappa shape index (κ2) is 5.51. The quantitative estimate of drug-likeness (QED) is 0.920. The summed E-state index contributed by atoms with van der Waals surface area (Å²) < 4.78 is 26.6. The fraction of sp³-hybridized carbons (Fsp3) is 0.154. The van der Waals surface area contributed by atoms with Gasteiger partial charge >= 0.3 is 0 Å². The molecule has 0 saturated carbocycles. The summed E-state index contributed by atoms with van der Waals surface area (Å²) in [6.07, 6.45) is 0. The van der Waals surface area contributed by atoms with E-state index in [2.05, 4.69) is 15.5 Å². The Morgan fingerprint density at radius 3 is 2.63 bits per heavy atom. The molecule has 0 radical (unpaired) electrons. The van der Waals surface area contributed by atoms with Crippen LogP contribution in [0.1, 0.15) is 6.92 Å². The van der Waals surface area contributed by atoms with Crippen LogP contribution in [0.3, 0.4) is 0 Å². The number of aromatic nitrogens is 2. The van der Waals surface area contributed by atoms with Crippen molar-refractivity contribution in [2.45, 2.75) is 6.92 Å². The largest absolute Gasteiger partial charge is 0.362 e. The van der Waals surface area contributed by atoms with Crippen LogP contribution < -0.4 is 5.32 Å². The van der Waals surface area contributed by atoms with Gasteiger partial charge in [0.05, 0.1) is 12.2 Å². The Balaban J connectivity index is 2.22. The van der Waals surface area contributed by atoms with Crippen molar-refractivity contribution < 1.29 is 13.6 Å². The maximum atomic E-state index is 13.5. The minimum Gasteiger partial charge on any atom is -0.362 e. The van der Waals surface area contributed by atoms with Crippen molar-refractivity contribution in [1.29, 1.82) is 0 Å². The summed E-state index contributed by atoms with van der Waals surface area (Å²) in [5, 5.41) is 10.4. The topological polar surface area (TPSA) is 54.9 Å². The van der Waals surface area contributed by atoms with Gasteiger partial charge in [0.2, 0.25) is 0 Å². The van der Waals surface area contributed by atoms with Crippen molar-refractivity contribution in [1.82, 2.24) is 10.2 Å². The summed E-state index contributed by atoms with van der Waals surface area (Å²) in [5.74, 6) is -0.755. The second-order valence-electron chi connectivity index (χ2n) is 3.98. The minimum atomic E-state index is -0.569. The van der Waals surface area contributed by atoms with Gasteiger partial charge in [0.15, 0.2) is 0 Å². The van der Waals surface area contributed by atoms with E-state index in [4.69, 9.17) is 0 Å². The zero-order valence-corrected chi connectivity index (χ0v) is 10.2. The van der Waals surface area contributed by atoms with Crippen LogP contribution in [0.25, 0.3) is 11.3 Å². The third kappa shape index (κ3) is 3.31. The summed E-state index contributed by atoms with van der Waals surface area (Å²) in [6.45, 7) is 1.58. The number of anilines is 1. The molecule has 0 fully saturated rings. The predicted molar refractivity (Wildman–Crippen MR) is 66.6 cm³/mol. The molecular formula is C13H11F2N3O. The molecule has 19 heavy (non-hydrogen) atoms. The number of carbonyl (C=O) groups is 1. The van der Waals surface area contributed by atoms with Gasteiger partial charge in [-0.25, -0.2) is 8.78 Å². The zero-order chi connectivity index (χ0) is 13.8. The molecule has 0 aliphatic carbocycles. The number of ketones is 1. The Morgan fingerprint density at radius 1 is 1.21 bits per heavy atom. The van der Waals surface area contributed by atoms with E-state index in [1.807, 2.05) is 0 Å². The van der Waals surface area contributed by atoms with Gasteiger partial charge < -0.3 is 5.32 Å². The van der Waals surface area contributed by atoms with Gasteiger partial charge in [-0.1, -0.05) is 0 Å². The Bertz CT molecular complexity index is 599. The third-order valence-corrected chi connectivity index (χ3v) is 2.39. The molecule has 0 bridgehead atoms. The summed E-state index contributed by atoms with van der Waals surface area (Å²) in [7, 11) is 0. The minimum absolute atomic E-state index is 0.0398. The van der Waals surface area contributed by atoms with Crippen LogP contribution in [-0.2, 0) is 4.79 Å². The number of halogens is 2. The van der Waals surface area contributed by atoms with Gasteiger partial charge in [-0.3, -0.25) is 4.79 Å². The lowest BCUT2D eigenvalue weighted by Crippen LogP contribution is -2.11. The van der Waals surface area contributed by atoms with E-state index in [1.165, 1.54) is 13.0 Å². The van der Waals surface area contributed by atoms with E-state index < -0.39 is 11.6 Å². The number of carbonyl (C=O) groups excluding carboxylic acids is 1. The predicted octanol–water partition coefficient (Wildman–Crippen LogP) is 2.42. The summed E-state index contributed by atoms with van der Waals surface area (Å²) in [5.41, 5.74) is 0.274. The monoisotopic (exact) mass is 263 g/mol. The standard InChI is InChI=1S/C13H11F2N3O/c1-8(19)7-16-13-5-4-12(17-18-13)10-6-9(14)2-3-11(10)15/h2-6H,7H2,1H3,(H,16,18). The summed E-state index contributed by atoms with van der Waals surface area (Å²) >= 11 is 0. The number of hydrogen-bond donors (Lipinski definition) is 1. The van der Waals surface area contributed by atoms with Gasteiger partial charge in [-0.2, -0.15) is 0 Å². The molecule has 1 aromatic heterocycles. The first-order valence-corrected chi connectivity index (χ1v) is 5.59. The summed E-state index contributed by atoms with van der Waals surface area (Å²) in [6, 6.07) is 6.19. The summed E-state index contributed by atoms with van der Waals surface area (Å²) in [4.78, 5) is 10.8. The highest BCUT2D eigenvalue weighted by Crippen LogP contribution is 2.21. The molecule has 0 aliphatic heterocycles. The van der Waals surface area contributed by atoms with Crippen LogP contribution in [-0.4, -0.2) is 22.5 Å². The molecule has 1 aromatic carbocycles. The lowest BCUT2D eigenvalue weighted by molar-refractivity contribution is -0.115. The Labute approximate surface area is 108 Å². The first-order chi connectivity index (χ1) is 9.06. The van der Waals surface area contributed by atoms with E-state index in [0.29, 0.717) is 5.82 Å². The molecule has 1 heterocycles. The number of Topliss-reactive ketones (excluding diaryl/α,β-unsaturated/α-hetero) is 1. The second-order valence-corrected chi connectivity index (χ2v) is 3.98. The number of hydrogen-bond acceptors (Lipinski definition) is 4. The molecule has 2 rings (SSSR count). The lowest BCUT2D eigenvalue weighted by atomic mass is 10.1. The highest BCUT2D eigenvalue weighted by molar-refractivity contribution is 5.80. The van der Waals surface area contributed by atoms with Gasteiger partial charge in [-0.15, -0.1) is 10.2 Å². The van der Waals surface area contributed by atoms with Crippen LogP contribution in [0, 0.1) is 11.6 Å². The van der Waals surface area contributed by atoms with Crippen molar-refractivity contribution in [3.63, 3.8) is 0 Å². The van der Waals surface area contributed by atoms with Crippen molar-refractivity contribution in [3.05, 3.63) is 42.0 Å². The van der Waals surface area contributed by atoms with E-state index in [9.17, 15) is 13.6 Å². The maximum absolute atomic E-state index is 13.5. The first-order valence-electron chi connectivity index (χ1n) is 5.59. The van der Waals surface area contributed by atoms with Crippen molar-refractivity contribution in [2.75, 3.05) is 11.9 Å². The third-order valence-electron chi connectivity index (χ3n) is 2.39. The molecule has 1 N–H and O–H groups in total. The van der Waals surface area contributed by atoms with Crippen LogP contribution >= 0.6 is 0 Å². The molecule has 0 amide bonds. The smallest absolute Gasteiger partial charge is 0.149 e. The number of nitrogens with one attached hydrogen (secondary N) is 1. The number of nitrogens with zero attached hydrogens (tertiary/aromatic N) is 2. The molecule has 0 spiro atoms. The molecular weight excluding hydrogens is 252 g/mol. The molecule has 0 unspecified atom stereocenters. The van der Waals surface area contributed by atoms with E-state index >= 15 is 0 Å². The molecule has 2 aromatic rings. The Hall–Kier alpha value is -2.37. The van der Waals surface area contributed by atoms with Crippen molar-refractivity contribution in [2.24, 2.45) is 0 Å². The molecule has 0 saturated heterocycles. The maximum Gasteiger partial charge on any atom is 0.149 e. The van der Waals surface area contributed by atoms with Gasteiger partial charge in [0.1, 0.15) is 23.2 Å². The SMILES string of the molecule is CC(=O)CNc1ccc(-c2cc(F)ccc2F)nn1. The number of rotatable bonds is 4. The van der Waals surface area contributed by atoms with E-state index in [1.54, 1.807) is 6.07 Å². The van der Waals surface area contributed by atoms with Gasteiger partial charge in [0.25, 0.3) is 0 Å². The lowest BCUT2D eigenvalue weighted by Gasteiger charge is -2.05. The Morgan fingerprint density at radius 2 is 2.00 bits per heavy atom. The average molecular weight is 263 g/mol. The molecule has 0 atom stereocenters. The fourth-order valence-corrected chi connectivity index (χ4v) is 1.48. The number of benzene rings is 1. The van der Waals surface area contributed by atoms with Gasteiger partial charge in [-0.05, 0) is 37.3 Å². The van der Waals surface area contributed by atoms with Crippen molar-refractivity contribution in [3.8, 4) is 11.3 Å². The van der Waals surface area contributed by atoms with E-state index in [0.717, 1.165) is 18.2 Å². The molecule has 6 heteroatoms. The zero-order valence-electron chi connectivity index (χ0n) is 10.2. The highest BCUT2D eigenvalue weighted by Gasteiger charge is 2.08. The van der Waals surface area contributed by atoms with Crippen molar-refractivity contribution >= 4 is 11.6 Å². The average Bonchev–Trinajstić information content (AvgIpc) is 2.40. The normalized spacial score (nSPS) is 10.3.